The Balaban J connectivity index is 0.000000595. The SMILES string of the molecule is C=Nc1ncnc2c1ncn2Cc1c(F)cccc1Cl.CNC. The van der Waals surface area contributed by atoms with Crippen LogP contribution in [0.3, 0.4) is 0 Å². The Bertz CT molecular complexity index is 797. The van der Waals surface area contributed by atoms with E-state index in [-0.39, 0.29) is 12.4 Å². The maximum Gasteiger partial charge on any atom is 0.182 e. The summed E-state index contributed by atoms with van der Waals surface area (Å²) in [6.45, 7) is 3.66. The molecule has 0 aliphatic rings. The van der Waals surface area contributed by atoms with Gasteiger partial charge in [-0.3, -0.25) is 0 Å². The minimum Gasteiger partial charge on any atom is -0.323 e. The number of imidazole rings is 1. The fourth-order valence-electron chi connectivity index (χ4n) is 1.95. The van der Waals surface area contributed by atoms with Crippen molar-refractivity contribution in [3.05, 3.63) is 47.3 Å². The third-order valence-corrected chi connectivity index (χ3v) is 3.28. The molecule has 2 aromatic heterocycles. The van der Waals surface area contributed by atoms with E-state index in [4.69, 9.17) is 11.6 Å². The zero-order chi connectivity index (χ0) is 16.8. The van der Waals surface area contributed by atoms with Crippen LogP contribution in [0.25, 0.3) is 11.2 Å². The van der Waals surface area contributed by atoms with Gasteiger partial charge in [0, 0.05) is 10.6 Å². The predicted octanol–water partition coefficient (Wildman–Crippen LogP) is 2.83. The molecule has 3 rings (SSSR count). The number of nitrogens with one attached hydrogen (secondary N) is 1. The van der Waals surface area contributed by atoms with Gasteiger partial charge in [-0.15, -0.1) is 0 Å². The lowest BCUT2D eigenvalue weighted by Crippen LogP contribution is -2.02. The monoisotopic (exact) mass is 334 g/mol. The van der Waals surface area contributed by atoms with E-state index < -0.39 is 0 Å². The number of benzene rings is 1. The van der Waals surface area contributed by atoms with Crippen LogP contribution in [0.1, 0.15) is 5.56 Å². The lowest BCUT2D eigenvalue weighted by Gasteiger charge is -2.07. The predicted molar refractivity (Wildman–Crippen MR) is 90.0 cm³/mol. The van der Waals surface area contributed by atoms with Crippen molar-refractivity contribution < 1.29 is 4.39 Å². The average Bonchev–Trinajstić information content (AvgIpc) is 2.95. The molecule has 8 heteroatoms. The van der Waals surface area contributed by atoms with Gasteiger partial charge in [-0.25, -0.2) is 24.3 Å². The summed E-state index contributed by atoms with van der Waals surface area (Å²) in [5, 5.41) is 3.11. The Morgan fingerprint density at radius 1 is 1.30 bits per heavy atom. The van der Waals surface area contributed by atoms with E-state index >= 15 is 0 Å². The van der Waals surface area contributed by atoms with Crippen molar-refractivity contribution in [1.29, 1.82) is 0 Å². The Morgan fingerprint density at radius 3 is 2.70 bits per heavy atom. The molecule has 0 aliphatic heterocycles. The van der Waals surface area contributed by atoms with Gasteiger partial charge < -0.3 is 9.88 Å². The van der Waals surface area contributed by atoms with Gasteiger partial charge in [-0.1, -0.05) is 17.7 Å². The second kappa shape index (κ2) is 7.75. The number of hydrogen-bond acceptors (Lipinski definition) is 5. The first-order valence-corrected chi connectivity index (χ1v) is 7.14. The number of fused-ring (bicyclic) bond motifs is 1. The second-order valence-corrected chi connectivity index (χ2v) is 5.01. The van der Waals surface area contributed by atoms with Crippen molar-refractivity contribution in [1.82, 2.24) is 24.8 Å². The number of aromatic nitrogens is 4. The molecule has 0 saturated heterocycles. The molecule has 1 aromatic carbocycles. The maximum absolute atomic E-state index is 13.8. The van der Waals surface area contributed by atoms with Crippen molar-refractivity contribution in [3.63, 3.8) is 0 Å². The van der Waals surface area contributed by atoms with E-state index in [1.807, 2.05) is 14.1 Å². The third-order valence-electron chi connectivity index (χ3n) is 2.92. The summed E-state index contributed by atoms with van der Waals surface area (Å²) in [6.07, 6.45) is 2.92. The van der Waals surface area contributed by atoms with Crippen molar-refractivity contribution in [3.8, 4) is 0 Å². The van der Waals surface area contributed by atoms with E-state index in [9.17, 15) is 4.39 Å². The van der Waals surface area contributed by atoms with Gasteiger partial charge in [0.05, 0.1) is 12.9 Å². The molecule has 0 amide bonds. The van der Waals surface area contributed by atoms with Crippen molar-refractivity contribution in [2.24, 2.45) is 4.99 Å². The molecular weight excluding hydrogens is 319 g/mol. The van der Waals surface area contributed by atoms with E-state index in [0.29, 0.717) is 27.6 Å². The van der Waals surface area contributed by atoms with Crippen LogP contribution in [0.2, 0.25) is 5.02 Å². The number of nitrogens with zero attached hydrogens (tertiary/aromatic N) is 5. The molecule has 0 saturated carbocycles. The highest BCUT2D eigenvalue weighted by atomic mass is 35.5. The lowest BCUT2D eigenvalue weighted by molar-refractivity contribution is 0.601. The smallest absolute Gasteiger partial charge is 0.182 e. The average molecular weight is 335 g/mol. The first-order chi connectivity index (χ1) is 11.1. The van der Waals surface area contributed by atoms with Crippen LogP contribution in [0.15, 0.2) is 35.8 Å². The summed E-state index contributed by atoms with van der Waals surface area (Å²) in [5.41, 5.74) is 1.47. The van der Waals surface area contributed by atoms with Gasteiger partial charge in [0.25, 0.3) is 0 Å². The Morgan fingerprint density at radius 2 is 2.04 bits per heavy atom. The zero-order valence-electron chi connectivity index (χ0n) is 12.8. The Kier molecular flexibility index (Phi) is 5.72. The van der Waals surface area contributed by atoms with Crippen LogP contribution in [-0.4, -0.2) is 40.3 Å². The van der Waals surface area contributed by atoms with Gasteiger partial charge in [0.15, 0.2) is 17.0 Å². The summed E-state index contributed by atoms with van der Waals surface area (Å²) in [7, 11) is 3.75. The summed E-state index contributed by atoms with van der Waals surface area (Å²) in [5.74, 6) is 0.0313. The first-order valence-electron chi connectivity index (χ1n) is 6.76. The molecule has 0 aliphatic carbocycles. The zero-order valence-corrected chi connectivity index (χ0v) is 13.5. The second-order valence-electron chi connectivity index (χ2n) is 4.60. The molecule has 2 heterocycles. The fraction of sp³-hybridized carbons (Fsp3) is 0.200. The lowest BCUT2D eigenvalue weighted by atomic mass is 10.2. The van der Waals surface area contributed by atoms with Crippen molar-refractivity contribution in [2.75, 3.05) is 14.1 Å². The molecule has 1 N–H and O–H groups in total. The van der Waals surface area contributed by atoms with Crippen molar-refractivity contribution in [2.45, 2.75) is 6.54 Å². The van der Waals surface area contributed by atoms with Gasteiger partial charge in [-0.2, -0.15) is 0 Å². The molecule has 6 nitrogen and oxygen atoms in total. The summed E-state index contributed by atoms with van der Waals surface area (Å²) in [6, 6.07) is 4.58. The number of hydrogen-bond donors (Lipinski definition) is 1. The molecular formula is C15H16ClFN6. The Labute approximate surface area is 138 Å². The summed E-state index contributed by atoms with van der Waals surface area (Å²) >= 11 is 6.02. The number of halogens is 2. The molecule has 23 heavy (non-hydrogen) atoms. The van der Waals surface area contributed by atoms with Crippen LogP contribution in [-0.2, 0) is 6.54 Å². The minimum absolute atomic E-state index is 0.232. The topological polar surface area (TPSA) is 68.0 Å². The molecule has 0 fully saturated rings. The largest absolute Gasteiger partial charge is 0.323 e. The van der Waals surface area contributed by atoms with Gasteiger partial charge in [0.2, 0.25) is 0 Å². The normalized spacial score (nSPS) is 10.3. The number of aliphatic imine (C=N–C) groups is 1. The molecule has 0 bridgehead atoms. The summed E-state index contributed by atoms with van der Waals surface area (Å²) in [4.78, 5) is 16.1. The van der Waals surface area contributed by atoms with Gasteiger partial charge in [-0.05, 0) is 32.9 Å². The van der Waals surface area contributed by atoms with Crippen LogP contribution in [0.4, 0.5) is 10.2 Å². The summed E-state index contributed by atoms with van der Waals surface area (Å²) < 4.78 is 15.5. The highest BCUT2D eigenvalue weighted by Crippen LogP contribution is 2.23. The molecule has 0 atom stereocenters. The van der Waals surface area contributed by atoms with E-state index in [0.717, 1.165) is 0 Å². The van der Waals surface area contributed by atoms with Crippen LogP contribution < -0.4 is 5.32 Å². The van der Waals surface area contributed by atoms with E-state index in [1.54, 1.807) is 23.0 Å². The quantitative estimate of drug-likeness (QED) is 0.748. The standard InChI is InChI=1S/C13H9ClFN5.C2H7N/c1-16-12-11-13(18-6-17-12)20(7-19-11)5-8-9(14)3-2-4-10(8)15;1-3-2/h2-4,6-7H,1,5H2;3H,1-2H3. The van der Waals surface area contributed by atoms with Crippen molar-refractivity contribution >= 4 is 35.3 Å². The van der Waals surface area contributed by atoms with Crippen LogP contribution in [0.5, 0.6) is 0 Å². The minimum atomic E-state index is -0.365. The molecule has 0 spiro atoms. The third kappa shape index (κ3) is 3.69. The highest BCUT2D eigenvalue weighted by Gasteiger charge is 2.12. The molecule has 0 radical (unpaired) electrons. The maximum atomic E-state index is 13.8. The van der Waals surface area contributed by atoms with E-state index in [1.165, 1.54) is 12.4 Å². The number of rotatable bonds is 3. The highest BCUT2D eigenvalue weighted by molar-refractivity contribution is 6.31. The van der Waals surface area contributed by atoms with Gasteiger partial charge in [0.1, 0.15) is 12.1 Å². The first kappa shape index (κ1) is 17.0. The molecule has 120 valence electrons. The van der Waals surface area contributed by atoms with Crippen LogP contribution in [0, 0.1) is 5.82 Å². The fourth-order valence-corrected chi connectivity index (χ4v) is 2.18. The van der Waals surface area contributed by atoms with Crippen LogP contribution >= 0.6 is 11.6 Å². The molecule has 3 aromatic rings. The molecule has 0 unspecified atom stereocenters. The van der Waals surface area contributed by atoms with E-state index in [2.05, 4.69) is 32.0 Å². The van der Waals surface area contributed by atoms with Gasteiger partial charge >= 0.3 is 0 Å². The Hall–Kier alpha value is -2.38.